The Morgan fingerprint density at radius 1 is 1.14 bits per heavy atom. The molecule has 1 N–H and O–H groups in total. The Morgan fingerprint density at radius 3 is 2.41 bits per heavy atom. The van der Waals surface area contributed by atoms with Crippen LogP contribution in [0.1, 0.15) is 80.6 Å². The molecule has 13 atom stereocenters. The Labute approximate surface area is 304 Å². The van der Waals surface area contributed by atoms with Crippen LogP contribution in [0.3, 0.4) is 0 Å². The summed E-state index contributed by atoms with van der Waals surface area (Å²) in [6, 6.07) is -1.19. The first-order valence-corrected chi connectivity index (χ1v) is 18.4. The van der Waals surface area contributed by atoms with E-state index in [1.807, 2.05) is 34.9 Å². The van der Waals surface area contributed by atoms with Gasteiger partial charge in [0.05, 0.1) is 17.8 Å². The van der Waals surface area contributed by atoms with E-state index in [0.29, 0.717) is 25.7 Å². The highest BCUT2D eigenvalue weighted by atomic mass is 31.0. The summed E-state index contributed by atoms with van der Waals surface area (Å²) in [6.07, 6.45) is -2.07. The van der Waals surface area contributed by atoms with Gasteiger partial charge in [-0.05, 0) is 85.3 Å². The molecule has 0 bridgehead atoms. The van der Waals surface area contributed by atoms with Crippen molar-refractivity contribution in [3.05, 3.63) is 10.4 Å². The van der Waals surface area contributed by atoms with E-state index in [1.54, 1.807) is 27.9 Å². The van der Waals surface area contributed by atoms with Crippen LogP contribution in [0.25, 0.3) is 10.4 Å². The second-order valence-electron chi connectivity index (χ2n) is 14.9. The zero-order chi connectivity index (χ0) is 38.3. The lowest BCUT2D eigenvalue weighted by Crippen LogP contribution is -2.60. The molecule has 3 unspecified atom stereocenters. The largest absolute Gasteiger partial charge is 0.457 e. The van der Waals surface area contributed by atoms with E-state index in [9.17, 15) is 19.2 Å². The number of likely N-dealkylation sites (N-methyl/N-ethyl adjacent to an activating group) is 1. The normalized spacial score (nSPS) is 38.5. The SMILES string of the molecule is CC[C@H]1OC(=O)[C@H](C)C(=O)[C@H](C)[C@@H](O[C@@H]2O[C@H](C)CC(N(C)C)C2OP)[C@](C)(OC)C[C@@H](C)CNC(=O)[C@H]2N(CCCCN=[N+]=[N-])C(=O)O[C@]12C. The first kappa shape index (κ1) is 42.8. The van der Waals surface area contributed by atoms with Gasteiger partial charge in [0.2, 0.25) is 5.91 Å². The Kier molecular flexibility index (Phi) is 15.5. The Morgan fingerprint density at radius 2 is 1.82 bits per heavy atom. The summed E-state index contributed by atoms with van der Waals surface area (Å²) in [5.41, 5.74) is 5.96. The van der Waals surface area contributed by atoms with Gasteiger partial charge in [-0.15, -0.1) is 0 Å². The number of nitrogens with one attached hydrogen (secondary N) is 1. The molecule has 0 aromatic heterocycles. The third-order valence-electron chi connectivity index (χ3n) is 10.7. The Bertz CT molecular complexity index is 1290. The number of methoxy groups -OCH3 is 1. The Hall–Kier alpha value is -2.58. The second-order valence-corrected chi connectivity index (χ2v) is 15.1. The summed E-state index contributed by atoms with van der Waals surface area (Å²) in [5.74, 6) is -4.03. The average molecular weight is 743 g/mol. The van der Waals surface area contributed by atoms with Gasteiger partial charge in [-0.1, -0.05) is 25.9 Å². The van der Waals surface area contributed by atoms with Crippen molar-refractivity contribution in [1.82, 2.24) is 15.1 Å². The number of rotatable bonds is 11. The number of amides is 2. The van der Waals surface area contributed by atoms with Crippen molar-refractivity contribution in [2.45, 2.75) is 135 Å². The molecule has 0 aromatic carbocycles. The highest BCUT2D eigenvalue weighted by molar-refractivity contribution is 7.09. The topological polar surface area (TPSA) is 191 Å². The number of fused-ring (bicyclic) bond motifs is 1. The van der Waals surface area contributed by atoms with E-state index >= 15 is 0 Å². The molecule has 0 aliphatic carbocycles. The number of carbonyl (C=O) groups is 4. The van der Waals surface area contributed by atoms with Crippen LogP contribution in [-0.4, -0.2) is 128 Å². The summed E-state index contributed by atoms with van der Waals surface area (Å²) in [4.78, 5) is 61.6. The minimum Gasteiger partial charge on any atom is -0.457 e. The van der Waals surface area contributed by atoms with E-state index in [-0.39, 0.29) is 44.1 Å². The fourth-order valence-electron chi connectivity index (χ4n) is 7.77. The number of hydrogen-bond acceptors (Lipinski definition) is 12. The number of unbranched alkanes of at least 4 members (excludes halogenated alkanes) is 1. The van der Waals surface area contributed by atoms with Gasteiger partial charge in [-0.2, -0.15) is 0 Å². The molecule has 0 aromatic rings. The standard InChI is InChI=1S/C34H59N6O10P/c1-11-24-34(7)27(40(32(44)49-34)15-13-12-14-37-38-35)29(42)36-18-19(2)17-33(6,45-10)28(21(4)25(41)22(5)30(43)47-24)48-31-26(50-51)23(39(8)9)16-20(3)46-31/h19-24,26-28,31H,11-18,51H2,1-10H3,(H,36,42)/t19-,20-,21+,22-,23?,24-,26?,27-,28-,31+,33-,34-/m1/s1. The van der Waals surface area contributed by atoms with Crippen LogP contribution in [0.4, 0.5) is 4.79 Å². The van der Waals surface area contributed by atoms with Crippen LogP contribution < -0.4 is 5.32 Å². The number of ether oxygens (including phenoxy) is 5. The van der Waals surface area contributed by atoms with E-state index in [0.717, 1.165) is 0 Å². The average Bonchev–Trinajstić information content (AvgIpc) is 3.35. The maximum absolute atomic E-state index is 14.3. The van der Waals surface area contributed by atoms with Crippen molar-refractivity contribution in [1.29, 1.82) is 0 Å². The molecule has 3 saturated heterocycles. The fraction of sp³-hybridized carbons (Fsp3) is 0.882. The van der Waals surface area contributed by atoms with E-state index in [1.165, 1.54) is 11.8 Å². The van der Waals surface area contributed by atoms with E-state index in [2.05, 4.69) is 29.7 Å². The summed E-state index contributed by atoms with van der Waals surface area (Å²) < 4.78 is 36.9. The number of Topliss-reactive ketones (excluding diaryl/α,β-unsaturated/α-hetero) is 1. The summed E-state index contributed by atoms with van der Waals surface area (Å²) in [7, 11) is 7.76. The number of azide groups is 1. The summed E-state index contributed by atoms with van der Waals surface area (Å²) in [6.45, 7) is 12.9. The molecule has 3 rings (SSSR count). The molecule has 0 spiro atoms. The quantitative estimate of drug-likeness (QED) is 0.0612. The predicted molar refractivity (Wildman–Crippen MR) is 190 cm³/mol. The van der Waals surface area contributed by atoms with Gasteiger partial charge < -0.3 is 38.4 Å². The first-order chi connectivity index (χ1) is 24.0. The number of carbonyl (C=O) groups excluding carboxylic acids is 4. The molecule has 0 saturated carbocycles. The van der Waals surface area contributed by atoms with Gasteiger partial charge in [0.15, 0.2) is 23.7 Å². The molecule has 3 fully saturated rings. The van der Waals surface area contributed by atoms with Crippen LogP contribution in [0.5, 0.6) is 0 Å². The minimum atomic E-state index is -1.56. The van der Waals surface area contributed by atoms with Crippen LogP contribution in [0, 0.1) is 17.8 Å². The van der Waals surface area contributed by atoms with Gasteiger partial charge in [0.25, 0.3) is 0 Å². The number of ketones is 1. The molecule has 17 heteroatoms. The molecular weight excluding hydrogens is 683 g/mol. The lowest BCUT2D eigenvalue weighted by Gasteiger charge is -2.47. The van der Waals surface area contributed by atoms with Gasteiger partial charge >= 0.3 is 12.1 Å². The molecule has 51 heavy (non-hydrogen) atoms. The second kappa shape index (κ2) is 18.4. The van der Waals surface area contributed by atoms with Gasteiger partial charge in [-0.3, -0.25) is 19.3 Å². The minimum absolute atomic E-state index is 0.0483. The number of nitrogens with zero attached hydrogens (tertiary/aromatic N) is 5. The molecule has 0 radical (unpaired) electrons. The Balaban J connectivity index is 2.04. The first-order valence-electron chi connectivity index (χ1n) is 17.9. The zero-order valence-electron chi connectivity index (χ0n) is 31.8. The molecular formula is C34H59N6O10P. The van der Waals surface area contributed by atoms with Crippen molar-refractivity contribution >= 4 is 33.2 Å². The lowest BCUT2D eigenvalue weighted by molar-refractivity contribution is -0.289. The smallest absolute Gasteiger partial charge is 0.411 e. The summed E-state index contributed by atoms with van der Waals surface area (Å²) >= 11 is 0. The van der Waals surface area contributed by atoms with Crippen LogP contribution in [-0.2, 0) is 42.6 Å². The monoisotopic (exact) mass is 742 g/mol. The van der Waals surface area contributed by atoms with Crippen LogP contribution in [0.15, 0.2) is 5.11 Å². The van der Waals surface area contributed by atoms with E-state index in [4.69, 9.17) is 33.7 Å². The highest BCUT2D eigenvalue weighted by Gasteiger charge is 2.60. The van der Waals surface area contributed by atoms with Crippen molar-refractivity contribution in [2.24, 2.45) is 22.9 Å². The van der Waals surface area contributed by atoms with Gasteiger partial charge in [0, 0.05) is 53.1 Å². The molecule has 16 nitrogen and oxygen atoms in total. The number of hydrogen-bond donors (Lipinski definition) is 1. The fourth-order valence-corrected chi connectivity index (χ4v) is 8.08. The van der Waals surface area contributed by atoms with Gasteiger partial charge in [-0.25, -0.2) is 4.79 Å². The third kappa shape index (κ3) is 9.70. The van der Waals surface area contributed by atoms with Crippen molar-refractivity contribution in [2.75, 3.05) is 40.8 Å². The van der Waals surface area contributed by atoms with E-state index < -0.39 is 77.4 Å². The molecule has 2 amide bonds. The van der Waals surface area contributed by atoms with Crippen LogP contribution in [0.2, 0.25) is 0 Å². The van der Waals surface area contributed by atoms with Crippen molar-refractivity contribution < 1.29 is 47.4 Å². The maximum Gasteiger partial charge on any atom is 0.411 e. The number of cyclic esters (lactones) is 1. The number of esters is 1. The molecule has 3 heterocycles. The highest BCUT2D eigenvalue weighted by Crippen LogP contribution is 2.39. The summed E-state index contributed by atoms with van der Waals surface area (Å²) in [5, 5.41) is 6.55. The zero-order valence-corrected chi connectivity index (χ0v) is 33.0. The molecule has 3 aliphatic rings. The van der Waals surface area contributed by atoms with Gasteiger partial charge in [0.1, 0.15) is 18.1 Å². The molecule has 290 valence electrons. The third-order valence-corrected chi connectivity index (χ3v) is 11.0. The van der Waals surface area contributed by atoms with Crippen LogP contribution >= 0.6 is 9.47 Å². The maximum atomic E-state index is 14.3. The molecule has 3 aliphatic heterocycles. The van der Waals surface area contributed by atoms with Crippen molar-refractivity contribution in [3.8, 4) is 0 Å². The van der Waals surface area contributed by atoms with Crippen molar-refractivity contribution in [3.63, 3.8) is 0 Å². The lowest BCUT2D eigenvalue weighted by atomic mass is 9.78. The predicted octanol–water partition coefficient (Wildman–Crippen LogP) is 4.01.